The first-order valence-electron chi connectivity index (χ1n) is 7.44. The molecule has 8 nitrogen and oxygen atoms in total. The predicted molar refractivity (Wildman–Crippen MR) is 83.7 cm³/mol. The van der Waals surface area contributed by atoms with Crippen molar-refractivity contribution in [1.29, 1.82) is 0 Å². The summed E-state index contributed by atoms with van der Waals surface area (Å²) < 4.78 is 25.8. The molecule has 0 aromatic rings. The SMILES string of the molecule is CC(C)NC(=O)CNS(=O)(=O)CCC(=O)N(C)C1CCNC1. The Kier molecular flexibility index (Phi) is 7.24. The molecule has 3 N–H and O–H groups in total. The first kappa shape index (κ1) is 18.9. The number of hydrogen-bond donors (Lipinski definition) is 3. The molecule has 9 heteroatoms. The van der Waals surface area contributed by atoms with Gasteiger partial charge in [0, 0.05) is 32.1 Å². The summed E-state index contributed by atoms with van der Waals surface area (Å²) in [7, 11) is -1.95. The molecule has 0 spiro atoms. The molecule has 1 saturated heterocycles. The number of sulfonamides is 1. The Morgan fingerprint density at radius 2 is 2.05 bits per heavy atom. The van der Waals surface area contributed by atoms with Crippen molar-refractivity contribution in [3.8, 4) is 0 Å². The predicted octanol–water partition coefficient (Wildman–Crippen LogP) is -1.36. The van der Waals surface area contributed by atoms with Crippen LogP contribution in [-0.4, -0.2) is 69.7 Å². The smallest absolute Gasteiger partial charge is 0.235 e. The van der Waals surface area contributed by atoms with E-state index in [4.69, 9.17) is 0 Å². The number of likely N-dealkylation sites (N-methyl/N-ethyl adjacent to an activating group) is 1. The molecule has 1 aliphatic heterocycles. The number of nitrogens with one attached hydrogen (secondary N) is 3. The fourth-order valence-corrected chi connectivity index (χ4v) is 3.13. The van der Waals surface area contributed by atoms with Crippen LogP contribution in [0.3, 0.4) is 0 Å². The Hall–Kier alpha value is -1.19. The van der Waals surface area contributed by atoms with Crippen LogP contribution in [0.5, 0.6) is 0 Å². The summed E-state index contributed by atoms with van der Waals surface area (Å²) in [6.45, 7) is 4.88. The Bertz CT molecular complexity index is 486. The van der Waals surface area contributed by atoms with Crippen LogP contribution in [0.2, 0.25) is 0 Å². The third-order valence-corrected chi connectivity index (χ3v) is 4.79. The summed E-state index contributed by atoms with van der Waals surface area (Å²) in [4.78, 5) is 25.0. The second-order valence-corrected chi connectivity index (χ2v) is 7.69. The lowest BCUT2D eigenvalue weighted by Crippen LogP contribution is -2.42. The summed E-state index contributed by atoms with van der Waals surface area (Å²) in [6, 6.07) is 0.0761. The second-order valence-electron chi connectivity index (χ2n) is 5.76. The number of carbonyl (C=O) groups is 2. The van der Waals surface area contributed by atoms with Gasteiger partial charge in [0.15, 0.2) is 0 Å². The molecule has 1 aliphatic rings. The highest BCUT2D eigenvalue weighted by atomic mass is 32.2. The van der Waals surface area contributed by atoms with Crippen LogP contribution >= 0.6 is 0 Å². The minimum absolute atomic E-state index is 0.0488. The van der Waals surface area contributed by atoms with Crippen LogP contribution < -0.4 is 15.4 Å². The molecule has 0 aromatic heterocycles. The van der Waals surface area contributed by atoms with Crippen molar-refractivity contribution in [2.24, 2.45) is 0 Å². The van der Waals surface area contributed by atoms with Gasteiger partial charge in [-0.2, -0.15) is 0 Å². The molecule has 1 atom stereocenters. The van der Waals surface area contributed by atoms with Gasteiger partial charge in [-0.1, -0.05) is 0 Å². The minimum Gasteiger partial charge on any atom is -0.353 e. The van der Waals surface area contributed by atoms with E-state index in [2.05, 4.69) is 15.4 Å². The summed E-state index contributed by atoms with van der Waals surface area (Å²) >= 11 is 0. The van der Waals surface area contributed by atoms with E-state index in [0.29, 0.717) is 0 Å². The monoisotopic (exact) mass is 334 g/mol. The van der Waals surface area contributed by atoms with Crippen LogP contribution in [0, 0.1) is 0 Å². The normalized spacial score (nSPS) is 18.5. The highest BCUT2D eigenvalue weighted by Gasteiger charge is 2.24. The van der Waals surface area contributed by atoms with Crippen molar-refractivity contribution in [3.63, 3.8) is 0 Å². The van der Waals surface area contributed by atoms with Crippen molar-refractivity contribution in [2.75, 3.05) is 32.4 Å². The maximum absolute atomic E-state index is 12.0. The quantitative estimate of drug-likeness (QED) is 0.508. The largest absolute Gasteiger partial charge is 0.353 e. The Labute approximate surface area is 132 Å². The molecular weight excluding hydrogens is 308 g/mol. The molecule has 1 rings (SSSR count). The van der Waals surface area contributed by atoms with E-state index in [1.807, 2.05) is 0 Å². The number of nitrogens with zero attached hydrogens (tertiary/aromatic N) is 1. The van der Waals surface area contributed by atoms with E-state index < -0.39 is 10.0 Å². The molecule has 0 radical (unpaired) electrons. The van der Waals surface area contributed by atoms with Crippen molar-refractivity contribution < 1.29 is 18.0 Å². The zero-order chi connectivity index (χ0) is 16.8. The molecule has 0 aliphatic carbocycles. The van der Waals surface area contributed by atoms with E-state index >= 15 is 0 Å². The van der Waals surface area contributed by atoms with Gasteiger partial charge < -0.3 is 15.5 Å². The minimum atomic E-state index is -3.64. The van der Waals surface area contributed by atoms with Crippen molar-refractivity contribution in [2.45, 2.75) is 38.8 Å². The highest BCUT2D eigenvalue weighted by molar-refractivity contribution is 7.89. The van der Waals surface area contributed by atoms with E-state index in [-0.39, 0.29) is 42.6 Å². The van der Waals surface area contributed by atoms with E-state index in [1.165, 1.54) is 0 Å². The van der Waals surface area contributed by atoms with Gasteiger partial charge in [-0.25, -0.2) is 13.1 Å². The fraction of sp³-hybridized carbons (Fsp3) is 0.846. The molecule has 128 valence electrons. The van der Waals surface area contributed by atoms with Crippen molar-refractivity contribution in [3.05, 3.63) is 0 Å². The zero-order valence-corrected chi connectivity index (χ0v) is 14.2. The maximum Gasteiger partial charge on any atom is 0.235 e. The molecule has 2 amide bonds. The number of amides is 2. The van der Waals surface area contributed by atoms with E-state index in [0.717, 1.165) is 19.5 Å². The van der Waals surface area contributed by atoms with Gasteiger partial charge in [0.05, 0.1) is 12.3 Å². The number of hydrogen-bond acceptors (Lipinski definition) is 5. The lowest BCUT2D eigenvalue weighted by Gasteiger charge is -2.23. The van der Waals surface area contributed by atoms with Crippen molar-refractivity contribution >= 4 is 21.8 Å². The Balaban J connectivity index is 2.35. The van der Waals surface area contributed by atoms with Crippen LogP contribution in [0.15, 0.2) is 0 Å². The number of rotatable bonds is 8. The average molecular weight is 334 g/mol. The molecule has 22 heavy (non-hydrogen) atoms. The summed E-state index contributed by atoms with van der Waals surface area (Å²) in [5.74, 6) is -0.907. The van der Waals surface area contributed by atoms with Gasteiger partial charge in [-0.05, 0) is 26.8 Å². The third kappa shape index (κ3) is 6.71. The lowest BCUT2D eigenvalue weighted by molar-refractivity contribution is -0.131. The highest BCUT2D eigenvalue weighted by Crippen LogP contribution is 2.08. The van der Waals surface area contributed by atoms with Crippen molar-refractivity contribution in [1.82, 2.24) is 20.3 Å². The molecular formula is C13H26N4O4S. The second kappa shape index (κ2) is 8.44. The Morgan fingerprint density at radius 1 is 1.36 bits per heavy atom. The van der Waals surface area contributed by atoms with Crippen LogP contribution in [0.25, 0.3) is 0 Å². The topological polar surface area (TPSA) is 108 Å². The van der Waals surface area contributed by atoms with E-state index in [1.54, 1.807) is 25.8 Å². The van der Waals surface area contributed by atoms with Crippen LogP contribution in [-0.2, 0) is 19.6 Å². The first-order valence-corrected chi connectivity index (χ1v) is 9.09. The maximum atomic E-state index is 12.0. The van der Waals surface area contributed by atoms with Gasteiger partial charge in [0.25, 0.3) is 0 Å². The molecule has 0 bridgehead atoms. The van der Waals surface area contributed by atoms with Gasteiger partial charge in [0.2, 0.25) is 21.8 Å². The summed E-state index contributed by atoms with van der Waals surface area (Å²) in [5, 5.41) is 5.75. The van der Waals surface area contributed by atoms with Crippen LogP contribution in [0.1, 0.15) is 26.7 Å². The zero-order valence-electron chi connectivity index (χ0n) is 13.4. The van der Waals surface area contributed by atoms with Crippen LogP contribution in [0.4, 0.5) is 0 Å². The third-order valence-electron chi connectivity index (χ3n) is 3.46. The first-order chi connectivity index (χ1) is 10.2. The van der Waals surface area contributed by atoms with Gasteiger partial charge >= 0.3 is 0 Å². The van der Waals surface area contributed by atoms with Gasteiger partial charge in [-0.15, -0.1) is 0 Å². The standard InChI is InChI=1S/C13H26N4O4S/c1-10(2)16-12(18)9-15-22(20,21)7-5-13(19)17(3)11-4-6-14-8-11/h10-11,14-15H,4-9H2,1-3H3,(H,16,18). The molecule has 1 unspecified atom stereocenters. The van der Waals surface area contributed by atoms with E-state index in [9.17, 15) is 18.0 Å². The molecule has 1 fully saturated rings. The molecule has 0 aromatic carbocycles. The average Bonchev–Trinajstić information content (AvgIpc) is 2.95. The fourth-order valence-electron chi connectivity index (χ4n) is 2.19. The van der Waals surface area contributed by atoms with Gasteiger partial charge in [-0.3, -0.25) is 9.59 Å². The lowest BCUT2D eigenvalue weighted by atomic mass is 10.2. The number of carbonyl (C=O) groups excluding carboxylic acids is 2. The van der Waals surface area contributed by atoms with Gasteiger partial charge in [0.1, 0.15) is 0 Å². The molecule has 1 heterocycles. The summed E-state index contributed by atoms with van der Waals surface area (Å²) in [6.07, 6.45) is 0.788. The molecule has 0 saturated carbocycles. The Morgan fingerprint density at radius 3 is 2.59 bits per heavy atom. The summed E-state index contributed by atoms with van der Waals surface area (Å²) in [5.41, 5.74) is 0.